The molecule has 0 aliphatic carbocycles. The fourth-order valence-electron chi connectivity index (χ4n) is 3.45. The van der Waals surface area contributed by atoms with Crippen molar-refractivity contribution in [1.82, 2.24) is 4.90 Å². The highest BCUT2D eigenvalue weighted by atomic mass is 35.5. The van der Waals surface area contributed by atoms with Crippen LogP contribution < -0.4 is 4.74 Å². The summed E-state index contributed by atoms with van der Waals surface area (Å²) in [5.74, 6) is -0.903. The van der Waals surface area contributed by atoms with E-state index in [1.807, 2.05) is 0 Å². The lowest BCUT2D eigenvalue weighted by atomic mass is 10.1. The molecule has 9 heteroatoms. The van der Waals surface area contributed by atoms with Crippen molar-refractivity contribution in [1.29, 1.82) is 0 Å². The number of carbonyl (C=O) groups is 1. The molecule has 0 N–H and O–H groups in total. The van der Waals surface area contributed by atoms with Crippen molar-refractivity contribution in [2.24, 2.45) is 0 Å². The average molecular weight is 440 g/mol. The minimum Gasteiger partial charge on any atom is -0.466 e. The molecule has 160 valence electrons. The molecule has 2 aliphatic rings. The number of hydrogen-bond donors (Lipinski definition) is 0. The lowest BCUT2D eigenvalue weighted by Gasteiger charge is -2.33. The summed E-state index contributed by atoms with van der Waals surface area (Å²) in [5, 5.41) is 0.288. The highest BCUT2D eigenvalue weighted by molar-refractivity contribution is 6.31. The number of fused-ring (bicyclic) bond motifs is 1. The summed E-state index contributed by atoms with van der Waals surface area (Å²) >= 11 is 6.00. The number of nitrogens with zero attached hydrogens (tertiary/aromatic N) is 1. The van der Waals surface area contributed by atoms with E-state index in [2.05, 4.69) is 0 Å². The first-order chi connectivity index (χ1) is 14.5. The second-order valence-corrected chi connectivity index (χ2v) is 7.45. The Morgan fingerprint density at radius 3 is 2.93 bits per heavy atom. The molecule has 1 amide bonds. The van der Waals surface area contributed by atoms with Crippen LogP contribution in [-0.2, 0) is 27.4 Å². The molecule has 4 rings (SSSR count). The Bertz CT molecular complexity index is 942. The molecule has 1 atom stereocenters. The molecule has 2 aromatic carbocycles. The predicted octanol–water partition coefficient (Wildman–Crippen LogP) is 3.54. The molecule has 2 aromatic rings. The van der Waals surface area contributed by atoms with E-state index < -0.39 is 11.6 Å². The van der Waals surface area contributed by atoms with Gasteiger partial charge in [-0.1, -0.05) is 17.7 Å². The van der Waals surface area contributed by atoms with Crippen molar-refractivity contribution in [2.45, 2.75) is 19.3 Å². The van der Waals surface area contributed by atoms with Crippen LogP contribution >= 0.6 is 11.6 Å². The smallest absolute Gasteiger partial charge is 0.257 e. The summed E-state index contributed by atoms with van der Waals surface area (Å²) in [7, 11) is 0. The summed E-state index contributed by atoms with van der Waals surface area (Å²) in [6, 6.07) is 6.59. The zero-order valence-corrected chi connectivity index (χ0v) is 16.8. The van der Waals surface area contributed by atoms with Crippen molar-refractivity contribution in [2.75, 3.05) is 33.1 Å². The predicted molar refractivity (Wildman–Crippen MR) is 103 cm³/mol. The van der Waals surface area contributed by atoms with Gasteiger partial charge in [0.05, 0.1) is 38.1 Å². The Balaban J connectivity index is 1.38. The molecule has 0 bridgehead atoms. The van der Waals surface area contributed by atoms with E-state index in [-0.39, 0.29) is 55.8 Å². The molecule has 2 aliphatic heterocycles. The third kappa shape index (κ3) is 4.73. The Morgan fingerprint density at radius 1 is 1.23 bits per heavy atom. The first-order valence-electron chi connectivity index (χ1n) is 9.47. The van der Waals surface area contributed by atoms with Crippen molar-refractivity contribution in [3.05, 3.63) is 63.7 Å². The van der Waals surface area contributed by atoms with E-state index in [9.17, 15) is 13.6 Å². The number of morpholine rings is 1. The fourth-order valence-corrected chi connectivity index (χ4v) is 3.67. The molecule has 2 heterocycles. The number of hydrogen-bond acceptors (Lipinski definition) is 5. The van der Waals surface area contributed by atoms with Crippen LogP contribution in [0.3, 0.4) is 0 Å². The van der Waals surface area contributed by atoms with E-state index in [4.69, 9.17) is 30.5 Å². The molecular weight excluding hydrogens is 420 g/mol. The van der Waals surface area contributed by atoms with Crippen LogP contribution in [0.15, 0.2) is 30.3 Å². The van der Waals surface area contributed by atoms with Gasteiger partial charge in [-0.05, 0) is 29.8 Å². The van der Waals surface area contributed by atoms with Gasteiger partial charge in [0.2, 0.25) is 0 Å². The lowest BCUT2D eigenvalue weighted by Crippen LogP contribution is -2.47. The molecule has 30 heavy (non-hydrogen) atoms. The summed E-state index contributed by atoms with van der Waals surface area (Å²) in [6.45, 7) is 1.63. The minimum absolute atomic E-state index is 0.0183. The van der Waals surface area contributed by atoms with Crippen LogP contribution in [-0.4, -0.2) is 50.0 Å². The number of carbonyl (C=O) groups excluding carboxylic acids is 1. The summed E-state index contributed by atoms with van der Waals surface area (Å²) in [6.07, 6.45) is -0.351. The van der Waals surface area contributed by atoms with Gasteiger partial charge in [-0.2, -0.15) is 0 Å². The van der Waals surface area contributed by atoms with Gasteiger partial charge in [-0.15, -0.1) is 0 Å². The average Bonchev–Trinajstić information content (AvgIpc) is 2.74. The molecule has 0 spiro atoms. The number of halogens is 3. The highest BCUT2D eigenvalue weighted by Crippen LogP contribution is 2.30. The van der Waals surface area contributed by atoms with Gasteiger partial charge < -0.3 is 23.8 Å². The SMILES string of the molecule is O=C(c1cc(F)cc2c1OCOC2)N1CCOC(COCc2ccc(F)cc2Cl)C1. The Labute approximate surface area is 177 Å². The summed E-state index contributed by atoms with van der Waals surface area (Å²) in [4.78, 5) is 14.6. The number of rotatable bonds is 5. The molecule has 1 fully saturated rings. The Hall–Kier alpha value is -2.26. The zero-order valence-electron chi connectivity index (χ0n) is 16.0. The topological polar surface area (TPSA) is 57.2 Å². The van der Waals surface area contributed by atoms with Crippen LogP contribution in [0.2, 0.25) is 5.02 Å². The number of amides is 1. The van der Waals surface area contributed by atoms with Crippen molar-refractivity contribution >= 4 is 17.5 Å². The van der Waals surface area contributed by atoms with E-state index in [1.165, 1.54) is 24.3 Å². The first kappa shape index (κ1) is 21.0. The monoisotopic (exact) mass is 439 g/mol. The van der Waals surface area contributed by atoms with E-state index in [1.54, 1.807) is 11.0 Å². The van der Waals surface area contributed by atoms with Gasteiger partial charge in [-0.25, -0.2) is 8.78 Å². The normalized spacial score (nSPS) is 18.6. The quantitative estimate of drug-likeness (QED) is 0.713. The summed E-state index contributed by atoms with van der Waals surface area (Å²) < 4.78 is 49.1. The molecule has 6 nitrogen and oxygen atoms in total. The van der Waals surface area contributed by atoms with Gasteiger partial charge in [0.25, 0.3) is 5.91 Å². The molecule has 1 unspecified atom stereocenters. The summed E-state index contributed by atoms with van der Waals surface area (Å²) in [5.41, 5.74) is 1.34. The van der Waals surface area contributed by atoms with Gasteiger partial charge in [0.1, 0.15) is 17.4 Å². The van der Waals surface area contributed by atoms with Gasteiger partial charge in [-0.3, -0.25) is 4.79 Å². The van der Waals surface area contributed by atoms with E-state index in [0.29, 0.717) is 30.0 Å². The van der Waals surface area contributed by atoms with Crippen molar-refractivity contribution in [3.63, 3.8) is 0 Å². The van der Waals surface area contributed by atoms with Gasteiger partial charge >= 0.3 is 0 Å². The fraction of sp³-hybridized carbons (Fsp3) is 0.381. The maximum Gasteiger partial charge on any atom is 0.257 e. The third-order valence-electron chi connectivity index (χ3n) is 4.91. The van der Waals surface area contributed by atoms with Crippen LogP contribution in [0.4, 0.5) is 8.78 Å². The minimum atomic E-state index is -0.518. The van der Waals surface area contributed by atoms with Crippen molar-refractivity contribution in [3.8, 4) is 5.75 Å². The van der Waals surface area contributed by atoms with Gasteiger partial charge in [0, 0.05) is 23.7 Å². The Kier molecular flexibility index (Phi) is 6.48. The van der Waals surface area contributed by atoms with Crippen LogP contribution in [0.25, 0.3) is 0 Å². The lowest BCUT2D eigenvalue weighted by molar-refractivity contribution is -0.0649. The van der Waals surface area contributed by atoms with Crippen LogP contribution in [0.5, 0.6) is 5.75 Å². The second kappa shape index (κ2) is 9.26. The molecule has 0 radical (unpaired) electrons. The second-order valence-electron chi connectivity index (χ2n) is 7.05. The van der Waals surface area contributed by atoms with E-state index in [0.717, 1.165) is 0 Å². The Morgan fingerprint density at radius 2 is 2.10 bits per heavy atom. The number of ether oxygens (including phenoxy) is 4. The molecule has 0 saturated carbocycles. The zero-order chi connectivity index (χ0) is 21.1. The van der Waals surface area contributed by atoms with Gasteiger partial charge in [0.15, 0.2) is 6.79 Å². The van der Waals surface area contributed by atoms with Crippen LogP contribution in [0.1, 0.15) is 21.5 Å². The largest absolute Gasteiger partial charge is 0.466 e. The first-order valence-corrected chi connectivity index (χ1v) is 9.84. The highest BCUT2D eigenvalue weighted by Gasteiger charge is 2.29. The molecule has 0 aromatic heterocycles. The maximum atomic E-state index is 14.0. The third-order valence-corrected chi connectivity index (χ3v) is 5.26. The van der Waals surface area contributed by atoms with Crippen molar-refractivity contribution < 1.29 is 32.5 Å². The molecule has 1 saturated heterocycles. The standard InChI is InChI=1S/C21H20ClF2NO5/c22-19-7-15(23)2-1-13(19)9-27-11-17-8-25(3-4-29-17)21(26)18-6-16(24)5-14-10-28-12-30-20(14)18/h1-2,5-7,17H,3-4,8-12H2. The van der Waals surface area contributed by atoms with E-state index >= 15 is 0 Å². The van der Waals surface area contributed by atoms with Crippen LogP contribution in [0, 0.1) is 11.6 Å². The molecular formula is C21H20ClF2NO5. The maximum absolute atomic E-state index is 14.0. The number of benzene rings is 2.